The molecule has 0 atom stereocenters. The number of nitrogens with two attached hydrogens (primary N) is 1. The van der Waals surface area contributed by atoms with Gasteiger partial charge < -0.3 is 10.5 Å². The summed E-state index contributed by atoms with van der Waals surface area (Å²) < 4.78 is 8.13. The molecule has 0 saturated carbocycles. The first-order valence-corrected chi connectivity index (χ1v) is 6.58. The highest BCUT2D eigenvalue weighted by Gasteiger charge is 2.19. The number of ether oxygens (including phenoxy) is 1. The van der Waals surface area contributed by atoms with Gasteiger partial charge in [-0.15, -0.1) is 0 Å². The number of aryl methyl sites for hydroxylation is 2. The van der Waals surface area contributed by atoms with Crippen molar-refractivity contribution in [3.05, 3.63) is 39.0 Å². The van der Waals surface area contributed by atoms with Gasteiger partial charge in [-0.05, 0) is 25.1 Å². The molecule has 0 aliphatic rings. The number of rotatable bonds is 3. The van der Waals surface area contributed by atoms with Gasteiger partial charge in [0, 0.05) is 11.5 Å². The molecular weight excluding hydrogens is 332 g/mol. The number of halogens is 2. The van der Waals surface area contributed by atoms with E-state index in [9.17, 15) is 0 Å². The van der Waals surface area contributed by atoms with Crippen molar-refractivity contribution in [1.82, 2.24) is 9.78 Å². The monoisotopic (exact) mass is 342 g/mol. The summed E-state index contributed by atoms with van der Waals surface area (Å²) >= 11 is 9.43. The van der Waals surface area contributed by atoms with Crippen molar-refractivity contribution in [3.8, 4) is 11.6 Å². The van der Waals surface area contributed by atoms with E-state index in [0.717, 1.165) is 4.47 Å². The molecule has 1 heterocycles. The lowest BCUT2D eigenvalue weighted by Crippen LogP contribution is -2.13. The Morgan fingerprint density at radius 2 is 2.21 bits per heavy atom. The Labute approximate surface area is 124 Å². The molecule has 1 aromatic carbocycles. The third kappa shape index (κ3) is 2.74. The first kappa shape index (κ1) is 13.9. The molecule has 7 heteroatoms. The van der Waals surface area contributed by atoms with E-state index in [4.69, 9.17) is 27.5 Å². The molecule has 1 aromatic heterocycles. The smallest absolute Gasteiger partial charge is 0.228 e. The van der Waals surface area contributed by atoms with Crippen molar-refractivity contribution >= 4 is 33.4 Å². The summed E-state index contributed by atoms with van der Waals surface area (Å²) in [6.45, 7) is 1.77. The largest absolute Gasteiger partial charge is 0.437 e. The lowest BCUT2D eigenvalue weighted by Gasteiger charge is -2.10. The zero-order valence-corrected chi connectivity index (χ0v) is 12.7. The number of nitrogens with one attached hydrogen (secondary N) is 1. The molecule has 5 nitrogen and oxygen atoms in total. The minimum Gasteiger partial charge on any atom is -0.437 e. The Balaban J connectivity index is 2.49. The van der Waals surface area contributed by atoms with Crippen molar-refractivity contribution in [2.24, 2.45) is 12.8 Å². The van der Waals surface area contributed by atoms with Gasteiger partial charge in [0.05, 0.1) is 10.7 Å². The second kappa shape index (κ2) is 5.22. The van der Waals surface area contributed by atoms with E-state index in [0.29, 0.717) is 27.9 Å². The van der Waals surface area contributed by atoms with Crippen molar-refractivity contribution in [1.29, 1.82) is 5.41 Å². The van der Waals surface area contributed by atoms with E-state index in [2.05, 4.69) is 21.0 Å². The van der Waals surface area contributed by atoms with E-state index < -0.39 is 0 Å². The molecule has 0 spiro atoms. The van der Waals surface area contributed by atoms with Crippen molar-refractivity contribution in [2.45, 2.75) is 6.92 Å². The first-order chi connectivity index (χ1) is 8.90. The maximum absolute atomic E-state index is 7.59. The fourth-order valence-electron chi connectivity index (χ4n) is 1.72. The number of amidine groups is 1. The predicted octanol–water partition coefficient (Wildman–Crippen LogP) is 3.22. The van der Waals surface area contributed by atoms with Crippen LogP contribution >= 0.6 is 27.5 Å². The quantitative estimate of drug-likeness (QED) is 0.663. The molecule has 0 bridgehead atoms. The van der Waals surface area contributed by atoms with Gasteiger partial charge in [0.25, 0.3) is 0 Å². The topological polar surface area (TPSA) is 76.9 Å². The van der Waals surface area contributed by atoms with Crippen LogP contribution in [0.4, 0.5) is 0 Å². The zero-order chi connectivity index (χ0) is 14.2. The number of hydrogen-bond donors (Lipinski definition) is 2. The van der Waals surface area contributed by atoms with Crippen LogP contribution < -0.4 is 10.5 Å². The van der Waals surface area contributed by atoms with Gasteiger partial charge in [-0.25, -0.2) is 4.68 Å². The molecule has 0 fully saturated rings. The Hall–Kier alpha value is -1.53. The van der Waals surface area contributed by atoms with Crippen LogP contribution in [0.3, 0.4) is 0 Å². The summed E-state index contributed by atoms with van der Waals surface area (Å²) in [6, 6.07) is 5.28. The second-order valence-electron chi connectivity index (χ2n) is 3.98. The predicted molar refractivity (Wildman–Crippen MR) is 78.2 cm³/mol. The molecule has 0 aliphatic carbocycles. The van der Waals surface area contributed by atoms with Crippen LogP contribution in [0, 0.1) is 12.3 Å². The average Bonchev–Trinajstić information content (AvgIpc) is 2.59. The van der Waals surface area contributed by atoms with Gasteiger partial charge in [-0.1, -0.05) is 27.5 Å². The van der Waals surface area contributed by atoms with Crippen LogP contribution in [0.5, 0.6) is 11.6 Å². The molecule has 0 aliphatic heterocycles. The van der Waals surface area contributed by atoms with Crippen molar-refractivity contribution in [2.75, 3.05) is 0 Å². The third-order valence-electron chi connectivity index (χ3n) is 2.54. The molecule has 19 heavy (non-hydrogen) atoms. The Kier molecular flexibility index (Phi) is 3.82. The molecule has 0 saturated heterocycles. The Morgan fingerprint density at radius 1 is 1.53 bits per heavy atom. The highest BCUT2D eigenvalue weighted by atomic mass is 79.9. The van der Waals surface area contributed by atoms with Gasteiger partial charge >= 0.3 is 0 Å². The summed E-state index contributed by atoms with van der Waals surface area (Å²) in [5, 5.41) is 12.3. The summed E-state index contributed by atoms with van der Waals surface area (Å²) in [5.74, 6) is 0.776. The van der Waals surface area contributed by atoms with Crippen molar-refractivity contribution < 1.29 is 4.74 Å². The first-order valence-electron chi connectivity index (χ1n) is 5.41. The molecule has 2 aromatic rings. The molecular formula is C12H12BrClN4O. The van der Waals surface area contributed by atoms with E-state index in [1.54, 1.807) is 26.1 Å². The molecule has 0 amide bonds. The fourth-order valence-corrected chi connectivity index (χ4v) is 2.22. The van der Waals surface area contributed by atoms with E-state index >= 15 is 0 Å². The molecule has 0 unspecified atom stereocenters. The summed E-state index contributed by atoms with van der Waals surface area (Å²) in [6.07, 6.45) is 0. The van der Waals surface area contributed by atoms with Gasteiger partial charge in [-0.3, -0.25) is 5.41 Å². The molecule has 3 N–H and O–H groups in total. The number of benzene rings is 1. The lowest BCUT2D eigenvalue weighted by molar-refractivity contribution is 0.429. The number of hydrogen-bond acceptors (Lipinski definition) is 3. The van der Waals surface area contributed by atoms with Crippen LogP contribution in [0.2, 0.25) is 5.02 Å². The maximum Gasteiger partial charge on any atom is 0.228 e. The van der Waals surface area contributed by atoms with Gasteiger partial charge in [0.2, 0.25) is 5.88 Å². The summed E-state index contributed by atoms with van der Waals surface area (Å²) in [5.41, 5.74) is 6.66. The highest BCUT2D eigenvalue weighted by Crippen LogP contribution is 2.33. The van der Waals surface area contributed by atoms with Gasteiger partial charge in [-0.2, -0.15) is 5.10 Å². The standard InChI is InChI=1S/C12H12BrClN4O/c1-6-10(11(15)16)12(18(2)17-6)19-9-5-7(13)3-4-8(9)14/h3-5H,1-2H3,(H3,15,16). The van der Waals surface area contributed by atoms with Crippen LogP contribution in [-0.2, 0) is 7.05 Å². The normalized spacial score (nSPS) is 10.5. The average molecular weight is 344 g/mol. The summed E-state index contributed by atoms with van der Waals surface area (Å²) in [4.78, 5) is 0. The van der Waals surface area contributed by atoms with E-state index in [1.165, 1.54) is 4.68 Å². The Bertz CT molecular complexity index is 653. The fraction of sp³-hybridized carbons (Fsp3) is 0.167. The number of nitrogen functional groups attached to an aromatic ring is 1. The van der Waals surface area contributed by atoms with Crippen LogP contribution in [0.15, 0.2) is 22.7 Å². The summed E-state index contributed by atoms with van der Waals surface area (Å²) in [7, 11) is 1.72. The van der Waals surface area contributed by atoms with Gasteiger partial charge in [0.15, 0.2) is 0 Å². The lowest BCUT2D eigenvalue weighted by atomic mass is 10.2. The number of nitrogens with zero attached hydrogens (tertiary/aromatic N) is 2. The minimum absolute atomic E-state index is 0.0910. The molecule has 100 valence electrons. The third-order valence-corrected chi connectivity index (χ3v) is 3.34. The second-order valence-corrected chi connectivity index (χ2v) is 5.30. The van der Waals surface area contributed by atoms with Crippen LogP contribution in [0.25, 0.3) is 0 Å². The highest BCUT2D eigenvalue weighted by molar-refractivity contribution is 9.10. The zero-order valence-electron chi connectivity index (χ0n) is 10.4. The Morgan fingerprint density at radius 3 is 2.84 bits per heavy atom. The number of aromatic nitrogens is 2. The van der Waals surface area contributed by atoms with E-state index in [-0.39, 0.29) is 5.84 Å². The molecule has 0 radical (unpaired) electrons. The molecule has 2 rings (SSSR count). The van der Waals surface area contributed by atoms with Crippen molar-refractivity contribution in [3.63, 3.8) is 0 Å². The maximum atomic E-state index is 7.59. The minimum atomic E-state index is -0.0910. The van der Waals surface area contributed by atoms with Gasteiger partial charge in [0.1, 0.15) is 17.1 Å². The van der Waals surface area contributed by atoms with Crippen LogP contribution in [0.1, 0.15) is 11.3 Å². The van der Waals surface area contributed by atoms with E-state index in [1.807, 2.05) is 6.07 Å². The SMILES string of the molecule is Cc1nn(C)c(Oc2cc(Br)ccc2Cl)c1C(=N)N. The van der Waals surface area contributed by atoms with Crippen LogP contribution in [-0.4, -0.2) is 15.6 Å².